The molecule has 10 rings (SSSR count). The Bertz CT molecular complexity index is 2760. The van der Waals surface area contributed by atoms with E-state index in [0.29, 0.717) is 17.5 Å². The second kappa shape index (κ2) is 11.3. The second-order valence-corrected chi connectivity index (χ2v) is 14.0. The van der Waals surface area contributed by atoms with Gasteiger partial charge in [0.15, 0.2) is 17.5 Å². The van der Waals surface area contributed by atoms with Gasteiger partial charge < -0.3 is 0 Å². The van der Waals surface area contributed by atoms with E-state index < -0.39 is 0 Å². The van der Waals surface area contributed by atoms with Crippen LogP contribution in [0.5, 0.6) is 0 Å². The SMILES string of the molecule is CC1(C)c2ccccc2-c2cc(-c3ccc4c(c3)c3ccccc3c3cccc(-c5nc(-c6ccccc6)nc(-c6ccccc6)n5)c34)ccc21. The lowest BCUT2D eigenvalue weighted by Gasteiger charge is -2.21. The largest absolute Gasteiger partial charge is 0.208 e. The Balaban J connectivity index is 1.22. The number of fused-ring (bicyclic) bond motifs is 9. The van der Waals surface area contributed by atoms with Crippen LogP contribution in [0.2, 0.25) is 0 Å². The van der Waals surface area contributed by atoms with E-state index in [1.165, 1.54) is 60.3 Å². The van der Waals surface area contributed by atoms with Crippen molar-refractivity contribution in [3.8, 4) is 56.4 Å². The van der Waals surface area contributed by atoms with E-state index in [9.17, 15) is 0 Å². The van der Waals surface area contributed by atoms with Gasteiger partial charge in [0.05, 0.1) is 0 Å². The van der Waals surface area contributed by atoms with Gasteiger partial charge in [-0.1, -0.05) is 166 Å². The summed E-state index contributed by atoms with van der Waals surface area (Å²) in [5.41, 5.74) is 10.8. The van der Waals surface area contributed by atoms with E-state index in [4.69, 9.17) is 15.0 Å². The topological polar surface area (TPSA) is 38.7 Å². The van der Waals surface area contributed by atoms with Gasteiger partial charge in [-0.15, -0.1) is 0 Å². The molecule has 3 nitrogen and oxygen atoms in total. The van der Waals surface area contributed by atoms with Gasteiger partial charge in [0, 0.05) is 27.5 Å². The summed E-state index contributed by atoms with van der Waals surface area (Å²) in [6.45, 7) is 4.67. The highest BCUT2D eigenvalue weighted by atomic mass is 15.0. The third kappa shape index (κ3) is 4.62. The number of hydrogen-bond donors (Lipinski definition) is 0. The zero-order chi connectivity index (χ0) is 34.1. The number of benzene rings is 8. The molecule has 0 atom stereocenters. The zero-order valence-electron chi connectivity index (χ0n) is 28.4. The molecule has 1 aromatic heterocycles. The van der Waals surface area contributed by atoms with Crippen LogP contribution in [0.15, 0.2) is 164 Å². The van der Waals surface area contributed by atoms with Crippen molar-refractivity contribution in [1.82, 2.24) is 15.0 Å². The van der Waals surface area contributed by atoms with E-state index in [0.717, 1.165) is 22.1 Å². The summed E-state index contributed by atoms with van der Waals surface area (Å²) in [4.78, 5) is 15.2. The fraction of sp³-hybridized carbons (Fsp3) is 0.0625. The van der Waals surface area contributed by atoms with Gasteiger partial charge in [0.2, 0.25) is 0 Å². The Morgan fingerprint density at radius 2 is 0.843 bits per heavy atom. The van der Waals surface area contributed by atoms with Crippen LogP contribution in [-0.2, 0) is 5.41 Å². The van der Waals surface area contributed by atoms with E-state index in [2.05, 4.69) is 141 Å². The normalized spacial score (nSPS) is 13.1. The zero-order valence-corrected chi connectivity index (χ0v) is 28.4. The fourth-order valence-corrected chi connectivity index (χ4v) is 8.20. The van der Waals surface area contributed by atoms with Crippen LogP contribution in [0.3, 0.4) is 0 Å². The summed E-state index contributed by atoms with van der Waals surface area (Å²) in [5, 5.41) is 7.17. The minimum Gasteiger partial charge on any atom is -0.208 e. The molecule has 1 heterocycles. The average molecular weight is 652 g/mol. The lowest BCUT2D eigenvalue weighted by molar-refractivity contribution is 0.660. The summed E-state index contributed by atoms with van der Waals surface area (Å²) in [5.74, 6) is 1.98. The first-order chi connectivity index (χ1) is 25.0. The van der Waals surface area contributed by atoms with Gasteiger partial charge in [-0.25, -0.2) is 15.0 Å². The van der Waals surface area contributed by atoms with Crippen molar-refractivity contribution in [2.75, 3.05) is 0 Å². The first-order valence-electron chi connectivity index (χ1n) is 17.5. The summed E-state index contributed by atoms with van der Waals surface area (Å²) >= 11 is 0. The Morgan fingerprint density at radius 3 is 1.57 bits per heavy atom. The van der Waals surface area contributed by atoms with E-state index >= 15 is 0 Å². The highest BCUT2D eigenvalue weighted by molar-refractivity contribution is 6.28. The summed E-state index contributed by atoms with van der Waals surface area (Å²) in [7, 11) is 0. The minimum atomic E-state index is -0.0187. The van der Waals surface area contributed by atoms with Crippen molar-refractivity contribution in [3.63, 3.8) is 0 Å². The molecule has 0 amide bonds. The summed E-state index contributed by atoms with van der Waals surface area (Å²) in [6.07, 6.45) is 0. The van der Waals surface area contributed by atoms with Gasteiger partial charge in [-0.05, 0) is 72.4 Å². The maximum atomic E-state index is 5.14. The molecular weight excluding hydrogens is 619 g/mol. The molecule has 0 unspecified atom stereocenters. The van der Waals surface area contributed by atoms with Crippen LogP contribution in [0, 0.1) is 0 Å². The van der Waals surface area contributed by atoms with Crippen LogP contribution in [0.1, 0.15) is 25.0 Å². The van der Waals surface area contributed by atoms with E-state index in [-0.39, 0.29) is 5.41 Å². The van der Waals surface area contributed by atoms with Gasteiger partial charge in [0.25, 0.3) is 0 Å². The molecule has 0 saturated heterocycles. The third-order valence-electron chi connectivity index (χ3n) is 10.7. The Kier molecular flexibility index (Phi) is 6.53. The molecule has 51 heavy (non-hydrogen) atoms. The molecule has 240 valence electrons. The predicted molar refractivity (Wildman–Crippen MR) is 212 cm³/mol. The Hall–Kier alpha value is -6.45. The lowest BCUT2D eigenvalue weighted by atomic mass is 9.82. The van der Waals surface area contributed by atoms with Crippen molar-refractivity contribution in [2.24, 2.45) is 0 Å². The maximum Gasteiger partial charge on any atom is 0.164 e. The number of nitrogens with zero attached hydrogens (tertiary/aromatic N) is 3. The highest BCUT2D eigenvalue weighted by Gasteiger charge is 2.35. The molecule has 1 aliphatic carbocycles. The van der Waals surface area contributed by atoms with Gasteiger partial charge >= 0.3 is 0 Å². The van der Waals surface area contributed by atoms with Crippen LogP contribution in [-0.4, -0.2) is 15.0 Å². The van der Waals surface area contributed by atoms with Crippen molar-refractivity contribution in [2.45, 2.75) is 19.3 Å². The van der Waals surface area contributed by atoms with Gasteiger partial charge in [-0.2, -0.15) is 0 Å². The molecule has 0 radical (unpaired) electrons. The van der Waals surface area contributed by atoms with Crippen LogP contribution >= 0.6 is 0 Å². The van der Waals surface area contributed by atoms with Crippen LogP contribution in [0.4, 0.5) is 0 Å². The molecule has 0 N–H and O–H groups in total. The van der Waals surface area contributed by atoms with Crippen LogP contribution < -0.4 is 0 Å². The Labute approximate surface area is 297 Å². The first kappa shape index (κ1) is 29.5. The Morgan fingerprint density at radius 1 is 0.333 bits per heavy atom. The van der Waals surface area contributed by atoms with Crippen LogP contribution in [0.25, 0.3) is 88.7 Å². The van der Waals surface area contributed by atoms with Crippen molar-refractivity contribution in [1.29, 1.82) is 0 Å². The van der Waals surface area contributed by atoms with Crippen molar-refractivity contribution < 1.29 is 0 Å². The van der Waals surface area contributed by atoms with E-state index in [1.54, 1.807) is 0 Å². The number of aromatic nitrogens is 3. The molecule has 0 spiro atoms. The molecule has 0 fully saturated rings. The number of hydrogen-bond acceptors (Lipinski definition) is 3. The average Bonchev–Trinajstić information content (AvgIpc) is 3.43. The minimum absolute atomic E-state index is 0.0187. The van der Waals surface area contributed by atoms with E-state index in [1.807, 2.05) is 36.4 Å². The molecule has 1 aliphatic rings. The quantitative estimate of drug-likeness (QED) is 0.178. The van der Waals surface area contributed by atoms with Gasteiger partial charge in [-0.3, -0.25) is 0 Å². The fourth-order valence-electron chi connectivity index (χ4n) is 8.20. The smallest absolute Gasteiger partial charge is 0.164 e. The molecular formula is C48H33N3. The standard InChI is InChI=1S/C48H33N3/c1-48(2)42-23-12-11-20-36(42)41-29-33(25-27-43(41)48)32-24-26-38-40(28-32)35-19-10-9-18-34(35)37-21-13-22-39(44(37)38)47-50-45(30-14-5-3-6-15-30)49-46(51-47)31-16-7-4-8-17-31/h3-29H,1-2H3. The monoisotopic (exact) mass is 651 g/mol. The van der Waals surface area contributed by atoms with Crippen molar-refractivity contribution in [3.05, 3.63) is 175 Å². The summed E-state index contributed by atoms with van der Waals surface area (Å²) in [6, 6.07) is 58.4. The first-order valence-corrected chi connectivity index (χ1v) is 17.5. The second-order valence-electron chi connectivity index (χ2n) is 14.0. The molecule has 0 bridgehead atoms. The lowest BCUT2D eigenvalue weighted by Crippen LogP contribution is -2.14. The molecule has 8 aromatic carbocycles. The maximum absolute atomic E-state index is 5.14. The molecule has 3 heteroatoms. The van der Waals surface area contributed by atoms with Gasteiger partial charge in [0.1, 0.15) is 0 Å². The molecule has 0 aliphatic heterocycles. The highest BCUT2D eigenvalue weighted by Crippen LogP contribution is 2.50. The molecule has 9 aromatic rings. The number of rotatable bonds is 4. The summed E-state index contributed by atoms with van der Waals surface area (Å²) < 4.78 is 0. The molecule has 0 saturated carbocycles. The van der Waals surface area contributed by atoms with Crippen molar-refractivity contribution >= 4 is 32.3 Å². The predicted octanol–water partition coefficient (Wildman–Crippen LogP) is 12.3. The third-order valence-corrected chi connectivity index (χ3v) is 10.7.